The number of rotatable bonds is 3. The lowest BCUT2D eigenvalue weighted by atomic mass is 10.3. The number of nitrogens with zero attached hydrogens (tertiary/aromatic N) is 1. The Morgan fingerprint density at radius 2 is 1.91 bits per heavy atom. The van der Waals surface area contributed by atoms with Crippen molar-refractivity contribution in [2.75, 3.05) is 14.1 Å². The van der Waals surface area contributed by atoms with E-state index in [4.69, 9.17) is 4.84 Å². The smallest absolute Gasteiger partial charge is 0.149 e. The highest BCUT2D eigenvalue weighted by Crippen LogP contribution is 2.07. The van der Waals surface area contributed by atoms with E-state index < -0.39 is 0 Å². The zero-order valence-corrected chi connectivity index (χ0v) is 6.74. The summed E-state index contributed by atoms with van der Waals surface area (Å²) in [6.45, 7) is 0. The second-order valence-electron chi connectivity index (χ2n) is 2.13. The van der Waals surface area contributed by atoms with Crippen molar-refractivity contribution in [1.29, 1.82) is 0 Å². The van der Waals surface area contributed by atoms with Crippen LogP contribution in [-0.2, 0) is 0 Å². The van der Waals surface area contributed by atoms with Crippen molar-refractivity contribution in [3.8, 4) is 5.75 Å². The Morgan fingerprint density at radius 1 is 1.27 bits per heavy atom. The highest BCUT2D eigenvalue weighted by Gasteiger charge is 1.94. The molecule has 0 spiro atoms. The van der Waals surface area contributed by atoms with Gasteiger partial charge in [0, 0.05) is 14.1 Å². The van der Waals surface area contributed by atoms with Crippen molar-refractivity contribution in [3.05, 3.63) is 30.3 Å². The maximum Gasteiger partial charge on any atom is 0.149 e. The highest BCUT2D eigenvalue weighted by molar-refractivity contribution is 5.20. The quantitative estimate of drug-likeness (QED) is 0.655. The maximum absolute atomic E-state index is 5.29. The number of hydrazine groups is 1. The highest BCUT2D eigenvalue weighted by atomic mass is 16.7. The molecule has 0 radical (unpaired) electrons. The minimum atomic E-state index is 0.823. The van der Waals surface area contributed by atoms with Gasteiger partial charge in [-0.15, -0.1) is 0 Å². The summed E-state index contributed by atoms with van der Waals surface area (Å²) in [7, 11) is 3.59. The summed E-state index contributed by atoms with van der Waals surface area (Å²) in [5.41, 5.74) is 2.82. The van der Waals surface area contributed by atoms with Crippen LogP contribution in [0, 0.1) is 0 Å². The van der Waals surface area contributed by atoms with Gasteiger partial charge in [-0.05, 0) is 12.1 Å². The van der Waals surface area contributed by atoms with Crippen LogP contribution in [0.4, 0.5) is 0 Å². The van der Waals surface area contributed by atoms with Gasteiger partial charge in [0.2, 0.25) is 0 Å². The molecule has 0 heterocycles. The Hall–Kier alpha value is -1.06. The first-order valence-electron chi connectivity index (χ1n) is 3.47. The standard InChI is InChI=1S/C8H12N2O/c1-9-10(2)11-8-6-4-3-5-7-8/h3-7,9H,1-2H3. The second-order valence-corrected chi connectivity index (χ2v) is 2.13. The normalized spacial score (nSPS) is 10.1. The monoisotopic (exact) mass is 152 g/mol. The Labute approximate surface area is 66.5 Å². The Kier molecular flexibility index (Phi) is 2.89. The molecule has 0 saturated carbocycles. The molecule has 0 aromatic heterocycles. The molecular formula is C8H12N2O. The van der Waals surface area contributed by atoms with E-state index in [-0.39, 0.29) is 0 Å². The van der Waals surface area contributed by atoms with E-state index in [2.05, 4.69) is 5.43 Å². The predicted molar refractivity (Wildman–Crippen MR) is 43.9 cm³/mol. The van der Waals surface area contributed by atoms with Gasteiger partial charge in [-0.3, -0.25) is 0 Å². The summed E-state index contributed by atoms with van der Waals surface area (Å²) >= 11 is 0. The molecule has 0 aliphatic heterocycles. The van der Waals surface area contributed by atoms with Gasteiger partial charge in [-0.1, -0.05) is 23.4 Å². The molecular weight excluding hydrogens is 140 g/mol. The van der Waals surface area contributed by atoms with Gasteiger partial charge in [0.25, 0.3) is 0 Å². The van der Waals surface area contributed by atoms with Crippen LogP contribution in [0.25, 0.3) is 0 Å². The number of hydrogen-bond donors (Lipinski definition) is 1. The summed E-state index contributed by atoms with van der Waals surface area (Å²) in [5, 5.41) is 1.54. The van der Waals surface area contributed by atoms with Crippen LogP contribution in [-0.4, -0.2) is 19.3 Å². The van der Waals surface area contributed by atoms with E-state index >= 15 is 0 Å². The number of benzene rings is 1. The lowest BCUT2D eigenvalue weighted by molar-refractivity contribution is -0.0725. The topological polar surface area (TPSA) is 24.5 Å². The van der Waals surface area contributed by atoms with Crippen LogP contribution >= 0.6 is 0 Å². The van der Waals surface area contributed by atoms with Crippen molar-refractivity contribution >= 4 is 0 Å². The van der Waals surface area contributed by atoms with Gasteiger partial charge < -0.3 is 4.84 Å². The molecule has 1 N–H and O–H groups in total. The molecule has 0 unspecified atom stereocenters. The van der Waals surface area contributed by atoms with Crippen LogP contribution in [0.3, 0.4) is 0 Å². The summed E-state index contributed by atoms with van der Waals surface area (Å²) in [6, 6.07) is 9.60. The Morgan fingerprint density at radius 3 is 2.45 bits per heavy atom. The summed E-state index contributed by atoms with van der Waals surface area (Å²) < 4.78 is 0. The summed E-state index contributed by atoms with van der Waals surface area (Å²) in [4.78, 5) is 5.29. The van der Waals surface area contributed by atoms with Crippen LogP contribution in [0.5, 0.6) is 5.75 Å². The maximum atomic E-state index is 5.29. The number of hydroxylamine groups is 1. The molecule has 0 saturated heterocycles. The molecule has 11 heavy (non-hydrogen) atoms. The second kappa shape index (κ2) is 3.95. The SMILES string of the molecule is CNN(C)Oc1ccccc1. The largest absolute Gasteiger partial charge is 0.391 e. The first-order chi connectivity index (χ1) is 5.33. The molecule has 0 amide bonds. The van der Waals surface area contributed by atoms with Gasteiger partial charge in [-0.2, -0.15) is 0 Å². The number of para-hydroxylation sites is 1. The first-order valence-corrected chi connectivity index (χ1v) is 3.47. The average molecular weight is 152 g/mol. The summed E-state index contributed by atoms with van der Waals surface area (Å²) in [6.07, 6.45) is 0. The van der Waals surface area contributed by atoms with Gasteiger partial charge in [0.1, 0.15) is 5.75 Å². The third kappa shape index (κ3) is 2.57. The molecule has 0 atom stereocenters. The molecule has 0 aliphatic rings. The lowest BCUT2D eigenvalue weighted by Crippen LogP contribution is -2.33. The van der Waals surface area contributed by atoms with Crippen molar-refractivity contribution in [2.45, 2.75) is 0 Å². The minimum absolute atomic E-state index is 0.823. The van der Waals surface area contributed by atoms with Crippen molar-refractivity contribution in [1.82, 2.24) is 10.6 Å². The minimum Gasteiger partial charge on any atom is -0.391 e. The van der Waals surface area contributed by atoms with Crippen molar-refractivity contribution in [2.24, 2.45) is 0 Å². The van der Waals surface area contributed by atoms with E-state index in [1.807, 2.05) is 30.3 Å². The van der Waals surface area contributed by atoms with Crippen LogP contribution < -0.4 is 10.3 Å². The van der Waals surface area contributed by atoms with Gasteiger partial charge >= 0.3 is 0 Å². The third-order valence-corrected chi connectivity index (χ3v) is 1.30. The molecule has 60 valence electrons. The predicted octanol–water partition coefficient (Wildman–Crippen LogP) is 1.05. The van der Waals surface area contributed by atoms with Gasteiger partial charge in [0.05, 0.1) is 0 Å². The molecule has 1 rings (SSSR count). The van der Waals surface area contributed by atoms with Crippen molar-refractivity contribution < 1.29 is 4.84 Å². The molecule has 0 aliphatic carbocycles. The molecule has 1 aromatic rings. The third-order valence-electron chi connectivity index (χ3n) is 1.30. The van der Waals surface area contributed by atoms with E-state index in [1.165, 1.54) is 5.17 Å². The number of hydrogen-bond acceptors (Lipinski definition) is 3. The molecule has 3 heteroatoms. The van der Waals surface area contributed by atoms with E-state index in [9.17, 15) is 0 Å². The number of nitrogens with one attached hydrogen (secondary N) is 1. The molecule has 1 aromatic carbocycles. The zero-order chi connectivity index (χ0) is 8.10. The lowest BCUT2D eigenvalue weighted by Gasteiger charge is -2.14. The Bertz CT molecular complexity index is 201. The zero-order valence-electron chi connectivity index (χ0n) is 6.74. The molecule has 3 nitrogen and oxygen atoms in total. The van der Waals surface area contributed by atoms with Crippen LogP contribution in [0.15, 0.2) is 30.3 Å². The van der Waals surface area contributed by atoms with Gasteiger partial charge in [-0.25, -0.2) is 5.43 Å². The van der Waals surface area contributed by atoms with Gasteiger partial charge in [0.15, 0.2) is 0 Å². The van der Waals surface area contributed by atoms with Crippen LogP contribution in [0.2, 0.25) is 0 Å². The fraction of sp³-hybridized carbons (Fsp3) is 0.250. The first kappa shape index (κ1) is 8.04. The molecule has 0 bridgehead atoms. The summed E-state index contributed by atoms with van der Waals surface area (Å²) in [5.74, 6) is 0.823. The Balaban J connectivity index is 2.51. The average Bonchev–Trinajstić information content (AvgIpc) is 2.06. The fourth-order valence-corrected chi connectivity index (χ4v) is 0.685. The van der Waals surface area contributed by atoms with E-state index in [1.54, 1.807) is 14.1 Å². The van der Waals surface area contributed by atoms with Crippen molar-refractivity contribution in [3.63, 3.8) is 0 Å². The van der Waals surface area contributed by atoms with E-state index in [0.29, 0.717) is 0 Å². The molecule has 0 fully saturated rings. The van der Waals surface area contributed by atoms with Crippen LogP contribution in [0.1, 0.15) is 0 Å². The van der Waals surface area contributed by atoms with E-state index in [0.717, 1.165) is 5.75 Å². The fourth-order valence-electron chi connectivity index (χ4n) is 0.685.